The molecule has 1 heterocycles. The van der Waals surface area contributed by atoms with E-state index in [1.54, 1.807) is 21.1 Å². The van der Waals surface area contributed by atoms with Crippen LogP contribution in [0.1, 0.15) is 0 Å². The van der Waals surface area contributed by atoms with E-state index in [9.17, 15) is 4.79 Å². The zero-order valence-corrected chi connectivity index (χ0v) is 9.06. The Kier molecular flexibility index (Phi) is 3.83. The number of urea groups is 1. The number of aromatic nitrogens is 4. The summed E-state index contributed by atoms with van der Waals surface area (Å²) in [7, 11) is 5.12. The van der Waals surface area contributed by atoms with E-state index in [1.807, 2.05) is 0 Å². The van der Waals surface area contributed by atoms with Crippen molar-refractivity contribution < 1.29 is 4.79 Å². The van der Waals surface area contributed by atoms with Crippen LogP contribution >= 0.6 is 0 Å². The number of carbonyl (C=O) groups is 1. The topological polar surface area (TPSA) is 88.0 Å². The van der Waals surface area contributed by atoms with E-state index < -0.39 is 0 Å². The molecular formula is C7H15N7O. The highest BCUT2D eigenvalue weighted by Gasteiger charge is 2.02. The van der Waals surface area contributed by atoms with Crippen LogP contribution in [0.25, 0.3) is 0 Å². The summed E-state index contributed by atoms with van der Waals surface area (Å²) in [5.74, 6) is 0.578. The highest BCUT2D eigenvalue weighted by Crippen LogP contribution is 1.93. The van der Waals surface area contributed by atoms with Gasteiger partial charge in [-0.1, -0.05) is 5.10 Å². The highest BCUT2D eigenvalue weighted by molar-refractivity contribution is 5.73. The SMILES string of the molecule is CN(C)C(=O)NCCNc1nnnn1C. The smallest absolute Gasteiger partial charge is 0.316 e. The third-order valence-corrected chi connectivity index (χ3v) is 1.71. The lowest BCUT2D eigenvalue weighted by Gasteiger charge is -2.11. The molecule has 0 radical (unpaired) electrons. The molecule has 0 spiro atoms. The summed E-state index contributed by atoms with van der Waals surface area (Å²) >= 11 is 0. The fourth-order valence-corrected chi connectivity index (χ4v) is 0.881. The molecule has 84 valence electrons. The minimum atomic E-state index is -0.118. The number of hydrogen-bond donors (Lipinski definition) is 2. The first-order valence-electron chi connectivity index (χ1n) is 4.52. The normalized spacial score (nSPS) is 9.80. The maximum Gasteiger partial charge on any atom is 0.316 e. The molecule has 0 bridgehead atoms. The lowest BCUT2D eigenvalue weighted by atomic mass is 10.6. The van der Waals surface area contributed by atoms with E-state index in [4.69, 9.17) is 0 Å². The summed E-state index contributed by atoms with van der Waals surface area (Å²) in [5.41, 5.74) is 0. The number of rotatable bonds is 4. The average Bonchev–Trinajstić information content (AvgIpc) is 2.58. The second kappa shape index (κ2) is 5.13. The summed E-state index contributed by atoms with van der Waals surface area (Å²) in [6, 6.07) is -0.118. The molecule has 1 aromatic heterocycles. The average molecular weight is 213 g/mol. The Morgan fingerprint density at radius 2 is 2.20 bits per heavy atom. The zero-order valence-electron chi connectivity index (χ0n) is 9.06. The molecule has 0 aliphatic carbocycles. The number of tetrazole rings is 1. The minimum Gasteiger partial charge on any atom is -0.351 e. The fourth-order valence-electron chi connectivity index (χ4n) is 0.881. The first-order valence-corrected chi connectivity index (χ1v) is 4.52. The van der Waals surface area contributed by atoms with Crippen molar-refractivity contribution in [2.75, 3.05) is 32.5 Å². The number of hydrogen-bond acceptors (Lipinski definition) is 5. The van der Waals surface area contributed by atoms with Crippen LogP contribution in [0.2, 0.25) is 0 Å². The Morgan fingerprint density at radius 1 is 1.47 bits per heavy atom. The van der Waals surface area contributed by atoms with Crippen LogP contribution in [-0.2, 0) is 7.05 Å². The Bertz CT molecular complexity index is 321. The summed E-state index contributed by atoms with van der Waals surface area (Å²) in [5, 5.41) is 16.6. The van der Waals surface area contributed by atoms with Crippen LogP contribution < -0.4 is 10.6 Å². The number of carbonyl (C=O) groups excluding carboxylic acids is 1. The Hall–Kier alpha value is -1.86. The molecule has 0 saturated heterocycles. The maximum absolute atomic E-state index is 11.1. The summed E-state index contributed by atoms with van der Waals surface area (Å²) in [4.78, 5) is 12.6. The minimum absolute atomic E-state index is 0.118. The molecule has 0 unspecified atom stereocenters. The number of nitrogens with one attached hydrogen (secondary N) is 2. The van der Waals surface area contributed by atoms with E-state index >= 15 is 0 Å². The predicted octanol–water partition coefficient (Wildman–Crippen LogP) is -1.11. The Morgan fingerprint density at radius 3 is 2.73 bits per heavy atom. The Balaban J connectivity index is 2.18. The van der Waals surface area contributed by atoms with Crippen LogP contribution in [-0.4, -0.2) is 58.3 Å². The molecule has 2 N–H and O–H groups in total. The van der Waals surface area contributed by atoms with Gasteiger partial charge in [0.1, 0.15) is 0 Å². The van der Waals surface area contributed by atoms with Gasteiger partial charge >= 0.3 is 6.03 Å². The van der Waals surface area contributed by atoms with Crippen LogP contribution in [0.4, 0.5) is 10.7 Å². The van der Waals surface area contributed by atoms with E-state index in [-0.39, 0.29) is 6.03 Å². The van der Waals surface area contributed by atoms with Crippen molar-refractivity contribution in [3.05, 3.63) is 0 Å². The Labute approximate surface area is 87.6 Å². The standard InChI is InChI=1S/C7H15N7O/c1-13(2)7(15)9-5-4-8-6-10-11-12-14(6)3/h4-5H2,1-3H3,(H,9,15)(H,8,10,12). The molecular weight excluding hydrogens is 198 g/mol. The first-order chi connectivity index (χ1) is 7.11. The number of anilines is 1. The van der Waals surface area contributed by atoms with Crippen molar-refractivity contribution >= 4 is 12.0 Å². The largest absolute Gasteiger partial charge is 0.351 e. The van der Waals surface area contributed by atoms with Crippen LogP contribution in [0.5, 0.6) is 0 Å². The van der Waals surface area contributed by atoms with E-state index in [0.717, 1.165) is 0 Å². The molecule has 0 aliphatic heterocycles. The monoisotopic (exact) mass is 213 g/mol. The van der Waals surface area contributed by atoms with Crippen molar-refractivity contribution in [2.45, 2.75) is 0 Å². The van der Waals surface area contributed by atoms with E-state index in [2.05, 4.69) is 26.2 Å². The second-order valence-electron chi connectivity index (χ2n) is 3.18. The van der Waals surface area contributed by atoms with Gasteiger partial charge in [-0.15, -0.1) is 0 Å². The summed E-state index contributed by atoms with van der Waals surface area (Å²) in [6.07, 6.45) is 0. The molecule has 0 aliphatic rings. The van der Waals surface area contributed by atoms with Gasteiger partial charge in [0.15, 0.2) is 0 Å². The van der Waals surface area contributed by atoms with Crippen molar-refractivity contribution in [2.24, 2.45) is 7.05 Å². The van der Waals surface area contributed by atoms with Gasteiger partial charge in [0.25, 0.3) is 0 Å². The quantitative estimate of drug-likeness (QED) is 0.619. The lowest BCUT2D eigenvalue weighted by molar-refractivity contribution is 0.218. The molecule has 1 rings (SSSR count). The van der Waals surface area contributed by atoms with Crippen molar-refractivity contribution in [3.8, 4) is 0 Å². The van der Waals surface area contributed by atoms with Gasteiger partial charge in [0.05, 0.1) is 0 Å². The van der Waals surface area contributed by atoms with Gasteiger partial charge in [-0.3, -0.25) is 0 Å². The second-order valence-corrected chi connectivity index (χ2v) is 3.18. The van der Waals surface area contributed by atoms with Crippen molar-refractivity contribution in [1.29, 1.82) is 0 Å². The van der Waals surface area contributed by atoms with Gasteiger partial charge in [-0.2, -0.15) is 0 Å². The number of amides is 2. The fraction of sp³-hybridized carbons (Fsp3) is 0.714. The number of nitrogens with zero attached hydrogens (tertiary/aromatic N) is 5. The number of aryl methyl sites for hydroxylation is 1. The van der Waals surface area contributed by atoms with E-state index in [1.165, 1.54) is 9.58 Å². The highest BCUT2D eigenvalue weighted by atomic mass is 16.2. The van der Waals surface area contributed by atoms with Gasteiger partial charge in [-0.25, -0.2) is 9.48 Å². The van der Waals surface area contributed by atoms with Gasteiger partial charge in [-0.05, 0) is 10.4 Å². The molecule has 0 aromatic carbocycles. The molecule has 1 aromatic rings. The van der Waals surface area contributed by atoms with Gasteiger partial charge in [0, 0.05) is 34.2 Å². The molecule has 0 fully saturated rings. The molecule has 8 nitrogen and oxygen atoms in total. The van der Waals surface area contributed by atoms with Crippen LogP contribution in [0.15, 0.2) is 0 Å². The molecule has 15 heavy (non-hydrogen) atoms. The lowest BCUT2D eigenvalue weighted by Crippen LogP contribution is -2.37. The van der Waals surface area contributed by atoms with Gasteiger partial charge < -0.3 is 15.5 Å². The zero-order chi connectivity index (χ0) is 11.3. The third kappa shape index (κ3) is 3.41. The van der Waals surface area contributed by atoms with Crippen molar-refractivity contribution in [1.82, 2.24) is 30.4 Å². The summed E-state index contributed by atoms with van der Waals surface area (Å²) in [6.45, 7) is 1.09. The first kappa shape index (κ1) is 11.2. The summed E-state index contributed by atoms with van der Waals surface area (Å²) < 4.78 is 1.52. The maximum atomic E-state index is 11.1. The van der Waals surface area contributed by atoms with Crippen molar-refractivity contribution in [3.63, 3.8) is 0 Å². The van der Waals surface area contributed by atoms with Gasteiger partial charge in [0.2, 0.25) is 5.95 Å². The third-order valence-electron chi connectivity index (χ3n) is 1.71. The van der Waals surface area contributed by atoms with Crippen LogP contribution in [0, 0.1) is 0 Å². The van der Waals surface area contributed by atoms with Crippen LogP contribution in [0.3, 0.4) is 0 Å². The predicted molar refractivity (Wildman–Crippen MR) is 54.4 cm³/mol. The molecule has 8 heteroatoms. The van der Waals surface area contributed by atoms with E-state index in [0.29, 0.717) is 19.0 Å². The molecule has 2 amide bonds. The molecule has 0 saturated carbocycles. The molecule has 0 atom stereocenters.